The summed E-state index contributed by atoms with van der Waals surface area (Å²) in [7, 11) is 0. The van der Waals surface area contributed by atoms with E-state index >= 15 is 0 Å². The van der Waals surface area contributed by atoms with Crippen LogP contribution in [0.3, 0.4) is 0 Å². The van der Waals surface area contributed by atoms with Crippen molar-refractivity contribution in [2.24, 2.45) is 5.73 Å². The Bertz CT molecular complexity index is 417. The lowest BCUT2D eigenvalue weighted by Crippen LogP contribution is -2.27. The first-order valence-corrected chi connectivity index (χ1v) is 7.96. The summed E-state index contributed by atoms with van der Waals surface area (Å²) in [6.45, 7) is 0. The van der Waals surface area contributed by atoms with Gasteiger partial charge in [-0.1, -0.05) is 28.1 Å². The van der Waals surface area contributed by atoms with Crippen molar-refractivity contribution in [2.75, 3.05) is 16.8 Å². The van der Waals surface area contributed by atoms with Gasteiger partial charge in [0, 0.05) is 27.5 Å². The summed E-state index contributed by atoms with van der Waals surface area (Å²) in [5.74, 6) is 2.44. The minimum atomic E-state index is 0.442. The molecule has 0 amide bonds. The fraction of sp³-hybridized carbons (Fsp3) is 0.417. The average molecular weight is 331 g/mol. The Morgan fingerprint density at radius 2 is 2.35 bits per heavy atom. The van der Waals surface area contributed by atoms with Gasteiger partial charge in [-0.05, 0) is 36.8 Å². The Kier molecular flexibility index (Phi) is 4.70. The van der Waals surface area contributed by atoms with Crippen LogP contribution in [0.15, 0.2) is 22.7 Å². The lowest BCUT2D eigenvalue weighted by atomic mass is 10.1. The number of anilines is 1. The molecule has 1 aliphatic rings. The van der Waals surface area contributed by atoms with Crippen molar-refractivity contribution < 1.29 is 0 Å². The van der Waals surface area contributed by atoms with Gasteiger partial charge >= 0.3 is 0 Å². The molecule has 1 unspecified atom stereocenters. The molecule has 0 saturated carbocycles. The largest absolute Gasteiger partial charge is 0.389 e. The summed E-state index contributed by atoms with van der Waals surface area (Å²) < 4.78 is 1.00. The maximum absolute atomic E-state index is 5.75. The number of thioether (sulfide) groups is 1. The third-order valence-electron chi connectivity index (χ3n) is 2.77. The second-order valence-corrected chi connectivity index (χ2v) is 6.62. The molecule has 1 aromatic carbocycles. The van der Waals surface area contributed by atoms with Crippen LogP contribution in [0.1, 0.15) is 18.4 Å². The van der Waals surface area contributed by atoms with Crippen LogP contribution in [0.2, 0.25) is 0 Å². The van der Waals surface area contributed by atoms with Crippen LogP contribution < -0.4 is 11.1 Å². The standard InChI is InChI=1S/C12H15BrN2S2/c13-8-3-4-11(10(6-8)12(14)16)15-9-2-1-5-17-7-9/h3-4,6,9,15H,1-2,5,7H2,(H2,14,16). The molecule has 0 aromatic heterocycles. The third kappa shape index (κ3) is 3.60. The Morgan fingerprint density at radius 1 is 1.53 bits per heavy atom. The summed E-state index contributed by atoms with van der Waals surface area (Å²) in [6.07, 6.45) is 2.50. The van der Waals surface area contributed by atoms with E-state index < -0.39 is 0 Å². The van der Waals surface area contributed by atoms with E-state index in [1.54, 1.807) is 0 Å². The maximum Gasteiger partial charge on any atom is 0.106 e. The lowest BCUT2D eigenvalue weighted by Gasteiger charge is -2.24. The van der Waals surface area contributed by atoms with Crippen LogP contribution in [0.25, 0.3) is 0 Å². The quantitative estimate of drug-likeness (QED) is 0.833. The normalized spacial score (nSPS) is 19.9. The van der Waals surface area contributed by atoms with Crippen LogP contribution in [-0.4, -0.2) is 22.5 Å². The lowest BCUT2D eigenvalue weighted by molar-refractivity contribution is 0.685. The molecule has 2 rings (SSSR count). The summed E-state index contributed by atoms with van der Waals surface area (Å²) in [5.41, 5.74) is 7.72. The minimum absolute atomic E-state index is 0.442. The van der Waals surface area contributed by atoms with Crippen molar-refractivity contribution in [2.45, 2.75) is 18.9 Å². The molecule has 0 aliphatic carbocycles. The van der Waals surface area contributed by atoms with Gasteiger partial charge < -0.3 is 11.1 Å². The second kappa shape index (κ2) is 6.07. The molecule has 1 saturated heterocycles. The van der Waals surface area contributed by atoms with E-state index in [1.165, 1.54) is 18.6 Å². The Hall–Kier alpha value is -0.260. The van der Waals surface area contributed by atoms with Crippen molar-refractivity contribution >= 4 is 50.6 Å². The highest BCUT2D eigenvalue weighted by Crippen LogP contribution is 2.25. The highest BCUT2D eigenvalue weighted by molar-refractivity contribution is 9.10. The first-order chi connectivity index (χ1) is 8.16. The predicted octanol–water partition coefficient (Wildman–Crippen LogP) is 3.39. The van der Waals surface area contributed by atoms with Crippen molar-refractivity contribution in [3.63, 3.8) is 0 Å². The highest BCUT2D eigenvalue weighted by atomic mass is 79.9. The molecule has 17 heavy (non-hydrogen) atoms. The summed E-state index contributed by atoms with van der Waals surface area (Å²) >= 11 is 10.5. The van der Waals surface area contributed by atoms with Crippen molar-refractivity contribution in [1.82, 2.24) is 0 Å². The first kappa shape index (κ1) is 13.2. The van der Waals surface area contributed by atoms with Crippen molar-refractivity contribution in [1.29, 1.82) is 0 Å². The van der Waals surface area contributed by atoms with Gasteiger partial charge in [-0.3, -0.25) is 0 Å². The maximum atomic E-state index is 5.75. The van der Waals surface area contributed by atoms with E-state index in [4.69, 9.17) is 18.0 Å². The molecule has 5 heteroatoms. The Morgan fingerprint density at radius 3 is 3.00 bits per heavy atom. The average Bonchev–Trinajstić information content (AvgIpc) is 2.32. The molecule has 0 bridgehead atoms. The molecule has 1 heterocycles. The second-order valence-electron chi connectivity index (χ2n) is 4.11. The zero-order valence-electron chi connectivity index (χ0n) is 9.41. The number of nitrogens with two attached hydrogens (primary N) is 1. The molecular formula is C12H15BrN2S2. The van der Waals surface area contributed by atoms with Gasteiger partial charge in [0.2, 0.25) is 0 Å². The number of halogens is 1. The van der Waals surface area contributed by atoms with Gasteiger partial charge in [0.1, 0.15) is 4.99 Å². The van der Waals surface area contributed by atoms with Crippen LogP contribution in [0.4, 0.5) is 5.69 Å². The van der Waals surface area contributed by atoms with Gasteiger partial charge in [-0.15, -0.1) is 0 Å². The number of hydrogen-bond acceptors (Lipinski definition) is 3. The Labute approximate surface area is 120 Å². The molecule has 1 aliphatic heterocycles. The molecule has 0 radical (unpaired) electrons. The highest BCUT2D eigenvalue weighted by Gasteiger charge is 2.15. The molecule has 0 spiro atoms. The van der Waals surface area contributed by atoms with E-state index in [-0.39, 0.29) is 0 Å². The summed E-state index contributed by atoms with van der Waals surface area (Å²) in [4.78, 5) is 0.442. The summed E-state index contributed by atoms with van der Waals surface area (Å²) in [6, 6.07) is 6.56. The van der Waals surface area contributed by atoms with Gasteiger partial charge in [0.15, 0.2) is 0 Å². The SMILES string of the molecule is NC(=S)c1cc(Br)ccc1NC1CCCSC1. The zero-order chi connectivity index (χ0) is 12.3. The molecule has 92 valence electrons. The molecule has 2 nitrogen and oxygen atoms in total. The van der Waals surface area contributed by atoms with E-state index in [2.05, 4.69) is 21.2 Å². The zero-order valence-corrected chi connectivity index (χ0v) is 12.6. The Balaban J connectivity index is 2.16. The van der Waals surface area contributed by atoms with Gasteiger partial charge in [0.05, 0.1) is 0 Å². The monoisotopic (exact) mass is 330 g/mol. The van der Waals surface area contributed by atoms with Crippen LogP contribution in [0.5, 0.6) is 0 Å². The fourth-order valence-corrected chi connectivity index (χ4v) is 3.52. The van der Waals surface area contributed by atoms with Gasteiger partial charge in [-0.25, -0.2) is 0 Å². The van der Waals surface area contributed by atoms with Crippen LogP contribution in [-0.2, 0) is 0 Å². The minimum Gasteiger partial charge on any atom is -0.389 e. The number of thiocarbonyl (C=S) groups is 1. The van der Waals surface area contributed by atoms with Crippen molar-refractivity contribution in [3.05, 3.63) is 28.2 Å². The van der Waals surface area contributed by atoms with Crippen LogP contribution >= 0.6 is 39.9 Å². The van der Waals surface area contributed by atoms with Gasteiger partial charge in [-0.2, -0.15) is 11.8 Å². The number of hydrogen-bond donors (Lipinski definition) is 2. The molecule has 1 aromatic rings. The number of benzene rings is 1. The molecule has 1 atom stereocenters. The van der Waals surface area contributed by atoms with E-state index in [0.717, 1.165) is 21.5 Å². The van der Waals surface area contributed by atoms with E-state index in [0.29, 0.717) is 11.0 Å². The van der Waals surface area contributed by atoms with E-state index in [9.17, 15) is 0 Å². The molecular weight excluding hydrogens is 316 g/mol. The third-order valence-corrected chi connectivity index (χ3v) is 4.70. The fourth-order valence-electron chi connectivity index (χ4n) is 1.92. The topological polar surface area (TPSA) is 38.0 Å². The van der Waals surface area contributed by atoms with Crippen LogP contribution in [0, 0.1) is 0 Å². The number of nitrogens with one attached hydrogen (secondary N) is 1. The number of rotatable bonds is 3. The first-order valence-electron chi connectivity index (χ1n) is 5.60. The smallest absolute Gasteiger partial charge is 0.106 e. The predicted molar refractivity (Wildman–Crippen MR) is 84.0 cm³/mol. The van der Waals surface area contributed by atoms with Crippen molar-refractivity contribution in [3.8, 4) is 0 Å². The van der Waals surface area contributed by atoms with Gasteiger partial charge in [0.25, 0.3) is 0 Å². The molecule has 1 fully saturated rings. The van der Waals surface area contributed by atoms with E-state index in [1.807, 2.05) is 30.0 Å². The molecule has 3 N–H and O–H groups in total. The summed E-state index contributed by atoms with van der Waals surface area (Å²) in [5, 5.41) is 3.55.